The third-order valence-corrected chi connectivity index (χ3v) is 2.94. The van der Waals surface area contributed by atoms with Gasteiger partial charge in [-0.1, -0.05) is 6.92 Å². The summed E-state index contributed by atoms with van der Waals surface area (Å²) in [5.41, 5.74) is 3.14. The second kappa shape index (κ2) is 4.68. The molecule has 0 aliphatic heterocycles. The van der Waals surface area contributed by atoms with Gasteiger partial charge in [-0.3, -0.25) is 4.68 Å². The fourth-order valence-electron chi connectivity index (χ4n) is 2.21. The van der Waals surface area contributed by atoms with E-state index in [-0.39, 0.29) is 0 Å². The van der Waals surface area contributed by atoms with Crippen molar-refractivity contribution in [3.05, 3.63) is 29.7 Å². The van der Waals surface area contributed by atoms with Gasteiger partial charge >= 0.3 is 5.97 Å². The minimum atomic E-state index is -0.892. The van der Waals surface area contributed by atoms with E-state index in [9.17, 15) is 9.90 Å². The second-order valence-corrected chi connectivity index (χ2v) is 4.36. The molecule has 1 N–H and O–H groups in total. The first kappa shape index (κ1) is 12.4. The molecule has 0 amide bonds. The molecule has 0 bridgehead atoms. The van der Waals surface area contributed by atoms with E-state index in [1.54, 1.807) is 10.7 Å². The van der Waals surface area contributed by atoms with Gasteiger partial charge in [-0.15, -0.1) is 0 Å². The number of hydrogen-bond acceptors (Lipinski definition) is 2. The van der Waals surface area contributed by atoms with Gasteiger partial charge in [0.1, 0.15) is 5.69 Å². The molecule has 0 aliphatic carbocycles. The van der Waals surface area contributed by atoms with Crippen LogP contribution in [0.4, 0.5) is 0 Å². The fourth-order valence-corrected chi connectivity index (χ4v) is 2.21. The molecule has 0 saturated heterocycles. The Labute approximate surface area is 106 Å². The minimum absolute atomic E-state index is 0.329. The largest absolute Gasteiger partial charge is 0.477 e. The smallest absolute Gasteiger partial charge is 0.352 e. The summed E-state index contributed by atoms with van der Waals surface area (Å²) < 4.78 is 3.58. The Bertz CT molecular complexity index is 581. The third kappa shape index (κ3) is 2.03. The summed E-state index contributed by atoms with van der Waals surface area (Å²) in [5, 5.41) is 13.5. The van der Waals surface area contributed by atoms with Gasteiger partial charge in [-0.2, -0.15) is 5.10 Å². The van der Waals surface area contributed by atoms with Crippen LogP contribution in [0.2, 0.25) is 0 Å². The summed E-state index contributed by atoms with van der Waals surface area (Å²) in [6.45, 7) is 4.66. The molecule has 2 rings (SSSR count). The van der Waals surface area contributed by atoms with E-state index in [1.165, 1.54) is 0 Å². The first-order valence-electron chi connectivity index (χ1n) is 5.98. The van der Waals surface area contributed by atoms with Crippen LogP contribution in [0.5, 0.6) is 0 Å². The first-order chi connectivity index (χ1) is 8.54. The minimum Gasteiger partial charge on any atom is -0.477 e. The van der Waals surface area contributed by atoms with Crippen LogP contribution in [0, 0.1) is 6.92 Å². The maximum absolute atomic E-state index is 11.2. The van der Waals surface area contributed by atoms with Crippen molar-refractivity contribution in [2.75, 3.05) is 0 Å². The molecular formula is C13H17N3O2. The van der Waals surface area contributed by atoms with Crippen LogP contribution in [0.15, 0.2) is 18.3 Å². The number of aromatic nitrogens is 3. The summed E-state index contributed by atoms with van der Waals surface area (Å²) >= 11 is 0. The van der Waals surface area contributed by atoms with Gasteiger partial charge < -0.3 is 9.67 Å². The fraction of sp³-hybridized carbons (Fsp3) is 0.385. The number of carbonyl (C=O) groups is 1. The third-order valence-electron chi connectivity index (χ3n) is 2.94. The van der Waals surface area contributed by atoms with Crippen LogP contribution in [0.25, 0.3) is 11.3 Å². The van der Waals surface area contributed by atoms with Gasteiger partial charge in [0.2, 0.25) is 0 Å². The highest BCUT2D eigenvalue weighted by Crippen LogP contribution is 2.25. The number of rotatable bonds is 4. The van der Waals surface area contributed by atoms with E-state index in [0.717, 1.165) is 23.4 Å². The maximum Gasteiger partial charge on any atom is 0.352 e. The molecule has 5 heteroatoms. The van der Waals surface area contributed by atoms with Crippen molar-refractivity contribution in [1.29, 1.82) is 0 Å². The van der Waals surface area contributed by atoms with E-state index in [2.05, 4.69) is 5.10 Å². The Kier molecular flexibility index (Phi) is 3.23. The van der Waals surface area contributed by atoms with Crippen molar-refractivity contribution >= 4 is 5.97 Å². The lowest BCUT2D eigenvalue weighted by atomic mass is 10.2. The molecule has 0 saturated carbocycles. The van der Waals surface area contributed by atoms with Crippen LogP contribution in [0.3, 0.4) is 0 Å². The van der Waals surface area contributed by atoms with Crippen molar-refractivity contribution in [3.63, 3.8) is 0 Å². The normalized spacial score (nSPS) is 10.8. The van der Waals surface area contributed by atoms with Gasteiger partial charge in [0.05, 0.1) is 11.4 Å². The van der Waals surface area contributed by atoms with E-state index in [1.807, 2.05) is 37.7 Å². The molecule has 96 valence electrons. The highest BCUT2D eigenvalue weighted by atomic mass is 16.4. The SMILES string of the molecule is CCCn1c(C(=O)O)ccc1-c1cn(C)nc1C. The summed E-state index contributed by atoms with van der Waals surface area (Å²) in [7, 11) is 1.86. The Morgan fingerprint density at radius 1 is 1.44 bits per heavy atom. The number of aryl methyl sites for hydroxylation is 2. The van der Waals surface area contributed by atoms with Gasteiger partial charge in [0, 0.05) is 25.4 Å². The lowest BCUT2D eigenvalue weighted by Gasteiger charge is -2.09. The molecule has 5 nitrogen and oxygen atoms in total. The zero-order valence-electron chi connectivity index (χ0n) is 10.8. The average Bonchev–Trinajstić information content (AvgIpc) is 2.82. The first-order valence-corrected chi connectivity index (χ1v) is 5.98. The zero-order valence-corrected chi connectivity index (χ0v) is 10.8. The molecule has 0 aliphatic rings. The van der Waals surface area contributed by atoms with E-state index >= 15 is 0 Å². The lowest BCUT2D eigenvalue weighted by molar-refractivity contribution is 0.0685. The van der Waals surface area contributed by atoms with Crippen LogP contribution in [0.1, 0.15) is 29.5 Å². The van der Waals surface area contributed by atoms with Crippen LogP contribution in [-0.4, -0.2) is 25.4 Å². The van der Waals surface area contributed by atoms with E-state index < -0.39 is 5.97 Å². The lowest BCUT2D eigenvalue weighted by Crippen LogP contribution is -2.09. The Balaban J connectivity index is 2.57. The van der Waals surface area contributed by atoms with Gasteiger partial charge in [0.15, 0.2) is 0 Å². The monoisotopic (exact) mass is 247 g/mol. The quantitative estimate of drug-likeness (QED) is 0.901. The second-order valence-electron chi connectivity index (χ2n) is 4.36. The van der Waals surface area contributed by atoms with Crippen molar-refractivity contribution in [2.24, 2.45) is 7.05 Å². The van der Waals surface area contributed by atoms with E-state index in [0.29, 0.717) is 12.2 Å². The summed E-state index contributed by atoms with van der Waals surface area (Å²) in [5.74, 6) is -0.892. The summed E-state index contributed by atoms with van der Waals surface area (Å²) in [4.78, 5) is 11.2. The molecule has 18 heavy (non-hydrogen) atoms. The highest BCUT2D eigenvalue weighted by molar-refractivity contribution is 5.87. The molecule has 0 atom stereocenters. The van der Waals surface area contributed by atoms with Crippen molar-refractivity contribution in [3.8, 4) is 11.3 Å². The molecule has 2 aromatic rings. The van der Waals surface area contributed by atoms with Crippen LogP contribution >= 0.6 is 0 Å². The number of carboxylic acid groups (broad SMARTS) is 1. The standard InChI is InChI=1S/C13H17N3O2/c1-4-7-16-11(5-6-12(16)13(17)18)10-8-15(3)14-9(10)2/h5-6,8H,4,7H2,1-3H3,(H,17,18). The van der Waals surface area contributed by atoms with Crippen LogP contribution in [-0.2, 0) is 13.6 Å². The maximum atomic E-state index is 11.2. The predicted octanol–water partition coefficient (Wildman–Crippen LogP) is 2.31. The molecule has 2 heterocycles. The number of hydrogen-bond donors (Lipinski definition) is 1. The van der Waals surface area contributed by atoms with Gasteiger partial charge in [0.25, 0.3) is 0 Å². The van der Waals surface area contributed by atoms with Crippen molar-refractivity contribution in [1.82, 2.24) is 14.3 Å². The summed E-state index contributed by atoms with van der Waals surface area (Å²) in [6.07, 6.45) is 2.81. The molecule has 0 fully saturated rings. The zero-order chi connectivity index (χ0) is 13.3. The highest BCUT2D eigenvalue weighted by Gasteiger charge is 2.17. The molecule has 0 aromatic carbocycles. The van der Waals surface area contributed by atoms with Gasteiger partial charge in [-0.25, -0.2) is 4.79 Å². The Morgan fingerprint density at radius 3 is 2.67 bits per heavy atom. The average molecular weight is 247 g/mol. The van der Waals surface area contributed by atoms with Gasteiger partial charge in [-0.05, 0) is 25.5 Å². The van der Waals surface area contributed by atoms with Crippen molar-refractivity contribution < 1.29 is 9.90 Å². The van der Waals surface area contributed by atoms with Crippen molar-refractivity contribution in [2.45, 2.75) is 26.8 Å². The summed E-state index contributed by atoms with van der Waals surface area (Å²) in [6, 6.07) is 3.50. The molecule has 0 radical (unpaired) electrons. The van der Waals surface area contributed by atoms with E-state index in [4.69, 9.17) is 0 Å². The molecule has 2 aromatic heterocycles. The molecule has 0 unspecified atom stereocenters. The number of aromatic carboxylic acids is 1. The number of carboxylic acids is 1. The Morgan fingerprint density at radius 2 is 2.17 bits per heavy atom. The Hall–Kier alpha value is -2.04. The van der Waals surface area contributed by atoms with Crippen LogP contribution < -0.4 is 0 Å². The molecular weight excluding hydrogens is 230 g/mol. The predicted molar refractivity (Wildman–Crippen MR) is 68.6 cm³/mol. The number of nitrogens with zero attached hydrogens (tertiary/aromatic N) is 3. The topological polar surface area (TPSA) is 60.1 Å². The molecule has 0 spiro atoms.